The molecule has 7 nitrogen and oxygen atoms in total. The van der Waals surface area contributed by atoms with Crippen LogP contribution in [-0.4, -0.2) is 39.2 Å². The third-order valence-electron chi connectivity index (χ3n) is 4.63. The number of benzene rings is 2. The summed E-state index contributed by atoms with van der Waals surface area (Å²) in [6.45, 7) is 0.428. The minimum atomic E-state index is -2.98. The fraction of sp³-hybridized carbons (Fsp3) is 0.333. The number of sulfone groups is 1. The maximum Gasteiger partial charge on any atom is 0.240 e. The second-order valence-corrected chi connectivity index (χ2v) is 9.18. The molecule has 1 fully saturated rings. The first kappa shape index (κ1) is 20.9. The highest BCUT2D eigenvalue weighted by atomic mass is 32.2. The van der Waals surface area contributed by atoms with Crippen LogP contribution in [0.1, 0.15) is 24.0 Å². The molecule has 2 aromatic rings. The summed E-state index contributed by atoms with van der Waals surface area (Å²) < 4.78 is 34.1. The first-order chi connectivity index (χ1) is 13.9. The SMILES string of the molecule is COc1cc(/C=N\NC(=O)C[C@H]2CCS(=O)(=O)C2)ccc1OCc1ccccc1. The molecule has 29 heavy (non-hydrogen) atoms. The van der Waals surface area contributed by atoms with E-state index in [0.717, 1.165) is 11.1 Å². The van der Waals surface area contributed by atoms with Crippen LogP contribution in [0.25, 0.3) is 0 Å². The van der Waals surface area contributed by atoms with Gasteiger partial charge in [0.25, 0.3) is 0 Å². The molecule has 8 heteroatoms. The number of methoxy groups -OCH3 is 1. The van der Waals surface area contributed by atoms with Crippen molar-refractivity contribution in [3.63, 3.8) is 0 Å². The Bertz CT molecular complexity index is 974. The van der Waals surface area contributed by atoms with Crippen molar-refractivity contribution in [3.05, 3.63) is 59.7 Å². The molecule has 0 aromatic heterocycles. The Balaban J connectivity index is 1.53. The lowest BCUT2D eigenvalue weighted by molar-refractivity contribution is -0.121. The third-order valence-corrected chi connectivity index (χ3v) is 6.47. The van der Waals surface area contributed by atoms with Crippen molar-refractivity contribution in [3.8, 4) is 11.5 Å². The average molecular weight is 416 g/mol. The Kier molecular flexibility index (Phi) is 6.87. The molecule has 154 valence electrons. The number of hydrazone groups is 1. The summed E-state index contributed by atoms with van der Waals surface area (Å²) in [6.07, 6.45) is 2.19. The Morgan fingerprint density at radius 1 is 1.21 bits per heavy atom. The van der Waals surface area contributed by atoms with Crippen molar-refractivity contribution < 1.29 is 22.7 Å². The predicted octanol–water partition coefficient (Wildman–Crippen LogP) is 2.55. The average Bonchev–Trinajstić information content (AvgIpc) is 3.05. The van der Waals surface area contributed by atoms with Gasteiger partial charge in [-0.1, -0.05) is 30.3 Å². The van der Waals surface area contributed by atoms with Gasteiger partial charge in [0.2, 0.25) is 5.91 Å². The van der Waals surface area contributed by atoms with Gasteiger partial charge in [0.15, 0.2) is 21.3 Å². The van der Waals surface area contributed by atoms with E-state index in [1.165, 1.54) is 6.21 Å². The number of nitrogens with zero attached hydrogens (tertiary/aromatic N) is 1. The second-order valence-electron chi connectivity index (χ2n) is 6.95. The van der Waals surface area contributed by atoms with E-state index in [1.807, 2.05) is 36.4 Å². The standard InChI is InChI=1S/C21H24N2O5S/c1-27-20-11-17(7-8-19(20)28-14-16-5-3-2-4-6-16)13-22-23-21(24)12-18-9-10-29(25,26)15-18/h2-8,11,13,18H,9-10,12,14-15H2,1H3,(H,23,24)/b22-13-/t18-/m1/s1. The van der Waals surface area contributed by atoms with Gasteiger partial charge in [0, 0.05) is 6.42 Å². The van der Waals surface area contributed by atoms with Crippen molar-refractivity contribution in [2.75, 3.05) is 18.6 Å². The number of hydrogen-bond donors (Lipinski definition) is 1. The molecule has 0 bridgehead atoms. The maximum atomic E-state index is 11.9. The topological polar surface area (TPSA) is 94.1 Å². The van der Waals surface area contributed by atoms with Crippen LogP contribution in [0.2, 0.25) is 0 Å². The van der Waals surface area contributed by atoms with E-state index in [9.17, 15) is 13.2 Å². The van der Waals surface area contributed by atoms with Gasteiger partial charge in [0.05, 0.1) is 24.8 Å². The normalized spacial score (nSPS) is 17.9. The smallest absolute Gasteiger partial charge is 0.240 e. The molecule has 1 atom stereocenters. The molecule has 3 rings (SSSR count). The Morgan fingerprint density at radius 2 is 2.00 bits per heavy atom. The highest BCUT2D eigenvalue weighted by Crippen LogP contribution is 2.28. The van der Waals surface area contributed by atoms with Crippen LogP contribution >= 0.6 is 0 Å². The summed E-state index contributed by atoms with van der Waals surface area (Å²) in [5, 5.41) is 3.95. The minimum absolute atomic E-state index is 0.0752. The van der Waals surface area contributed by atoms with Crippen LogP contribution in [0.4, 0.5) is 0 Å². The highest BCUT2D eigenvalue weighted by Gasteiger charge is 2.29. The first-order valence-electron chi connectivity index (χ1n) is 9.32. The fourth-order valence-electron chi connectivity index (χ4n) is 3.14. The summed E-state index contributed by atoms with van der Waals surface area (Å²) in [4.78, 5) is 11.9. The van der Waals surface area contributed by atoms with Gasteiger partial charge >= 0.3 is 0 Å². The summed E-state index contributed by atoms with van der Waals surface area (Å²) in [7, 11) is -1.42. The van der Waals surface area contributed by atoms with Gasteiger partial charge in [-0.3, -0.25) is 4.79 Å². The van der Waals surface area contributed by atoms with Crippen molar-refractivity contribution >= 4 is 22.0 Å². The zero-order chi connectivity index (χ0) is 20.7. The van der Waals surface area contributed by atoms with Crippen molar-refractivity contribution in [1.29, 1.82) is 0 Å². The van der Waals surface area contributed by atoms with Gasteiger partial charge < -0.3 is 9.47 Å². The monoisotopic (exact) mass is 416 g/mol. The second kappa shape index (κ2) is 9.56. The van der Waals surface area contributed by atoms with Gasteiger partial charge in [-0.05, 0) is 41.7 Å². The van der Waals surface area contributed by atoms with E-state index in [1.54, 1.807) is 19.2 Å². The number of carbonyl (C=O) groups excluding carboxylic acids is 1. The summed E-state index contributed by atoms with van der Waals surface area (Å²) in [5.41, 5.74) is 4.24. The quantitative estimate of drug-likeness (QED) is 0.527. The van der Waals surface area contributed by atoms with Gasteiger partial charge in [-0.25, -0.2) is 13.8 Å². The molecule has 2 aromatic carbocycles. The van der Waals surface area contributed by atoms with Gasteiger partial charge in [0.1, 0.15) is 6.61 Å². The molecule has 1 amide bonds. The number of amides is 1. The van der Waals surface area contributed by atoms with Crippen LogP contribution < -0.4 is 14.9 Å². The summed E-state index contributed by atoms with van der Waals surface area (Å²) in [6, 6.07) is 15.2. The molecular formula is C21H24N2O5S. The summed E-state index contributed by atoms with van der Waals surface area (Å²) in [5.74, 6) is 0.986. The molecule has 0 spiro atoms. The van der Waals surface area contributed by atoms with E-state index in [2.05, 4.69) is 10.5 Å². The van der Waals surface area contributed by atoms with Gasteiger partial charge in [-0.15, -0.1) is 0 Å². The van der Waals surface area contributed by atoms with Crippen LogP contribution in [0, 0.1) is 5.92 Å². The fourth-order valence-corrected chi connectivity index (χ4v) is 5.00. The third kappa shape index (κ3) is 6.32. The lowest BCUT2D eigenvalue weighted by Crippen LogP contribution is -2.21. The largest absolute Gasteiger partial charge is 0.493 e. The Hall–Kier alpha value is -2.87. The zero-order valence-electron chi connectivity index (χ0n) is 16.2. The van der Waals surface area contributed by atoms with Crippen LogP contribution in [0.15, 0.2) is 53.6 Å². The van der Waals surface area contributed by atoms with Crippen molar-refractivity contribution in [2.45, 2.75) is 19.4 Å². The predicted molar refractivity (Wildman–Crippen MR) is 111 cm³/mol. The molecule has 0 saturated carbocycles. The van der Waals surface area contributed by atoms with Crippen molar-refractivity contribution in [1.82, 2.24) is 5.43 Å². The number of carbonyl (C=O) groups is 1. The molecule has 1 aliphatic rings. The van der Waals surface area contributed by atoms with Crippen molar-refractivity contribution in [2.24, 2.45) is 11.0 Å². The maximum absolute atomic E-state index is 11.9. The van der Waals surface area contributed by atoms with E-state index in [4.69, 9.17) is 9.47 Å². The minimum Gasteiger partial charge on any atom is -0.493 e. The van der Waals surface area contributed by atoms with Crippen LogP contribution in [0.3, 0.4) is 0 Å². The molecule has 0 unspecified atom stereocenters. The molecule has 1 heterocycles. The lowest BCUT2D eigenvalue weighted by Gasteiger charge is -2.11. The number of hydrogen-bond acceptors (Lipinski definition) is 6. The molecular weight excluding hydrogens is 392 g/mol. The Morgan fingerprint density at radius 3 is 2.69 bits per heavy atom. The number of nitrogens with one attached hydrogen (secondary N) is 1. The number of rotatable bonds is 8. The molecule has 0 aliphatic carbocycles. The van der Waals surface area contributed by atoms with E-state index >= 15 is 0 Å². The van der Waals surface area contributed by atoms with E-state index in [-0.39, 0.29) is 29.8 Å². The highest BCUT2D eigenvalue weighted by molar-refractivity contribution is 7.91. The van der Waals surface area contributed by atoms with Gasteiger partial charge in [-0.2, -0.15) is 5.10 Å². The lowest BCUT2D eigenvalue weighted by atomic mass is 10.1. The molecule has 1 N–H and O–H groups in total. The van der Waals surface area contributed by atoms with Crippen LogP contribution in [0.5, 0.6) is 11.5 Å². The molecule has 1 aliphatic heterocycles. The first-order valence-corrected chi connectivity index (χ1v) is 11.1. The summed E-state index contributed by atoms with van der Waals surface area (Å²) >= 11 is 0. The van der Waals surface area contributed by atoms with E-state index < -0.39 is 9.84 Å². The van der Waals surface area contributed by atoms with Crippen LogP contribution in [-0.2, 0) is 21.2 Å². The zero-order valence-corrected chi connectivity index (χ0v) is 17.0. The molecule has 0 radical (unpaired) electrons. The molecule has 1 saturated heterocycles. The Labute approximate surface area is 170 Å². The van der Waals surface area contributed by atoms with E-state index in [0.29, 0.717) is 24.5 Å². The number of ether oxygens (including phenoxy) is 2.